The number of rotatable bonds is 7. The summed E-state index contributed by atoms with van der Waals surface area (Å²) >= 11 is 1.88. The number of nitrogens with one attached hydrogen (secondary N) is 3. The van der Waals surface area contributed by atoms with Crippen molar-refractivity contribution in [3.8, 4) is 0 Å². The first-order valence-corrected chi connectivity index (χ1v) is 10.6. The Balaban J connectivity index is 0.00000300. The molecule has 1 aromatic heterocycles. The zero-order chi connectivity index (χ0) is 19.8. The van der Waals surface area contributed by atoms with E-state index in [0.29, 0.717) is 5.56 Å². The third kappa shape index (κ3) is 6.97. The Kier molecular flexibility index (Phi) is 9.89. The van der Waals surface area contributed by atoms with Crippen LogP contribution in [0.3, 0.4) is 0 Å². The maximum Gasteiger partial charge on any atom is 0.251 e. The molecule has 6 nitrogen and oxygen atoms in total. The lowest BCUT2D eigenvalue weighted by molar-refractivity contribution is 0.0963. The fourth-order valence-electron chi connectivity index (χ4n) is 3.39. The Bertz CT molecular complexity index is 823. The van der Waals surface area contributed by atoms with E-state index in [1.54, 1.807) is 19.0 Å². The van der Waals surface area contributed by atoms with E-state index in [4.69, 9.17) is 0 Å². The zero-order valence-corrected chi connectivity index (χ0v) is 20.2. The number of carbonyl (C=O) groups excluding carboxylic acids is 1. The van der Waals surface area contributed by atoms with E-state index in [2.05, 4.69) is 37.3 Å². The molecule has 0 atom stereocenters. The van der Waals surface area contributed by atoms with E-state index in [-0.39, 0.29) is 29.9 Å². The van der Waals surface area contributed by atoms with Gasteiger partial charge < -0.3 is 16.0 Å². The first-order chi connectivity index (χ1) is 13.7. The number of benzene rings is 1. The van der Waals surface area contributed by atoms with Crippen molar-refractivity contribution >= 4 is 47.2 Å². The Labute approximate surface area is 194 Å². The van der Waals surface area contributed by atoms with Gasteiger partial charge >= 0.3 is 0 Å². The number of guanidine groups is 1. The minimum atomic E-state index is -0.0560. The van der Waals surface area contributed by atoms with Gasteiger partial charge in [-0.1, -0.05) is 12.1 Å². The number of hydrogen-bond donors (Lipinski definition) is 3. The normalized spacial score (nSPS) is 13.9. The van der Waals surface area contributed by atoms with E-state index < -0.39 is 0 Å². The topological polar surface area (TPSA) is 68.8 Å². The van der Waals surface area contributed by atoms with Crippen LogP contribution in [0.5, 0.6) is 0 Å². The van der Waals surface area contributed by atoms with Crippen molar-refractivity contribution < 1.29 is 4.79 Å². The molecule has 0 fully saturated rings. The van der Waals surface area contributed by atoms with Crippen molar-refractivity contribution in [3.63, 3.8) is 0 Å². The number of hydrogen-bond acceptors (Lipinski definition) is 4. The van der Waals surface area contributed by atoms with Gasteiger partial charge in [0.05, 0.1) is 0 Å². The molecule has 0 spiro atoms. The highest BCUT2D eigenvalue weighted by Gasteiger charge is 2.16. The fourth-order valence-corrected chi connectivity index (χ4v) is 4.28. The van der Waals surface area contributed by atoms with Gasteiger partial charge in [-0.15, -0.1) is 35.3 Å². The molecule has 0 bridgehead atoms. The molecule has 3 N–H and O–H groups in total. The molecule has 0 saturated heterocycles. The molecule has 0 saturated carbocycles. The Morgan fingerprint density at radius 2 is 2.07 bits per heavy atom. The van der Waals surface area contributed by atoms with Crippen LogP contribution in [0, 0.1) is 0 Å². The van der Waals surface area contributed by atoms with Gasteiger partial charge in [0, 0.05) is 57.3 Å². The summed E-state index contributed by atoms with van der Waals surface area (Å²) in [6, 6.07) is 9.98. The van der Waals surface area contributed by atoms with Crippen LogP contribution in [0.1, 0.15) is 26.4 Å². The number of nitrogens with zero attached hydrogens (tertiary/aromatic N) is 2. The maximum absolute atomic E-state index is 11.7. The minimum absolute atomic E-state index is 0. The lowest BCUT2D eigenvalue weighted by Gasteiger charge is -2.27. The van der Waals surface area contributed by atoms with E-state index in [0.717, 1.165) is 57.1 Å². The Morgan fingerprint density at radius 3 is 2.86 bits per heavy atom. The molecule has 3 rings (SSSR count). The standard InChI is InChI=1S/C21H29N5OS.HI/c1-22-20(27)17-5-3-4-16(14-17)6-9-24-21(23-2)25-10-12-26-11-7-19-18(15-26)8-13-28-19;/h3-5,8,13-14H,6-7,9-12,15H2,1-2H3,(H,22,27)(H2,23,24,25);1H. The third-order valence-electron chi connectivity index (χ3n) is 4.95. The lowest BCUT2D eigenvalue weighted by Crippen LogP contribution is -2.43. The van der Waals surface area contributed by atoms with Crippen LogP contribution in [0.4, 0.5) is 0 Å². The number of aliphatic imine (C=N–C) groups is 1. The molecule has 8 heteroatoms. The third-order valence-corrected chi connectivity index (χ3v) is 5.98. The van der Waals surface area contributed by atoms with Gasteiger partial charge in [-0.2, -0.15) is 0 Å². The molecule has 1 amide bonds. The molecular weight excluding hydrogens is 497 g/mol. The van der Waals surface area contributed by atoms with E-state index in [1.807, 2.05) is 35.6 Å². The van der Waals surface area contributed by atoms with Gasteiger partial charge in [0.1, 0.15) is 0 Å². The van der Waals surface area contributed by atoms with E-state index >= 15 is 0 Å². The molecule has 29 heavy (non-hydrogen) atoms. The second-order valence-corrected chi connectivity index (χ2v) is 7.85. The van der Waals surface area contributed by atoms with E-state index in [1.165, 1.54) is 5.56 Å². The molecule has 0 aliphatic carbocycles. The molecule has 2 aromatic rings. The highest BCUT2D eigenvalue weighted by Crippen LogP contribution is 2.23. The van der Waals surface area contributed by atoms with Crippen molar-refractivity contribution in [1.82, 2.24) is 20.9 Å². The summed E-state index contributed by atoms with van der Waals surface area (Å²) in [5.74, 6) is 0.759. The smallest absolute Gasteiger partial charge is 0.251 e. The van der Waals surface area contributed by atoms with Crippen molar-refractivity contribution in [2.45, 2.75) is 19.4 Å². The quantitative estimate of drug-likeness (QED) is 0.294. The summed E-state index contributed by atoms with van der Waals surface area (Å²) in [6.07, 6.45) is 1.99. The van der Waals surface area contributed by atoms with Crippen molar-refractivity contribution in [2.75, 3.05) is 40.3 Å². The monoisotopic (exact) mass is 527 g/mol. The largest absolute Gasteiger partial charge is 0.356 e. The molecule has 1 aliphatic heterocycles. The summed E-state index contributed by atoms with van der Waals surface area (Å²) in [5.41, 5.74) is 3.31. The molecule has 1 aromatic carbocycles. The van der Waals surface area contributed by atoms with Crippen LogP contribution >= 0.6 is 35.3 Å². The molecule has 0 unspecified atom stereocenters. The van der Waals surface area contributed by atoms with Crippen molar-refractivity contribution in [3.05, 3.63) is 57.3 Å². The molecular formula is C21H30IN5OS. The Hall–Kier alpha value is -1.65. The van der Waals surface area contributed by atoms with Gasteiger partial charge in [0.15, 0.2) is 5.96 Å². The summed E-state index contributed by atoms with van der Waals surface area (Å²) < 4.78 is 0. The van der Waals surface area contributed by atoms with Crippen LogP contribution in [0.15, 0.2) is 40.7 Å². The molecule has 0 radical (unpaired) electrons. The summed E-state index contributed by atoms with van der Waals surface area (Å²) in [4.78, 5) is 20.1. The SMILES string of the molecule is CN=C(NCCc1cccc(C(=O)NC)c1)NCCN1CCc2sccc2C1.I. The molecule has 158 valence electrons. The van der Waals surface area contributed by atoms with Crippen molar-refractivity contribution in [2.24, 2.45) is 4.99 Å². The predicted octanol–water partition coefficient (Wildman–Crippen LogP) is 2.49. The van der Waals surface area contributed by atoms with Crippen LogP contribution < -0.4 is 16.0 Å². The number of fused-ring (bicyclic) bond motifs is 1. The van der Waals surface area contributed by atoms with E-state index in [9.17, 15) is 4.79 Å². The first-order valence-electron chi connectivity index (χ1n) is 9.72. The van der Waals surface area contributed by atoms with Crippen LogP contribution in [0.25, 0.3) is 0 Å². The number of carbonyl (C=O) groups is 1. The van der Waals surface area contributed by atoms with Gasteiger partial charge in [-0.25, -0.2) is 0 Å². The molecule has 1 aliphatic rings. The highest BCUT2D eigenvalue weighted by atomic mass is 127. The number of halogens is 1. The lowest BCUT2D eigenvalue weighted by atomic mass is 10.1. The summed E-state index contributed by atoms with van der Waals surface area (Å²) in [6.45, 7) is 4.81. The van der Waals surface area contributed by atoms with Gasteiger partial charge in [0.25, 0.3) is 5.91 Å². The van der Waals surface area contributed by atoms with Crippen molar-refractivity contribution in [1.29, 1.82) is 0 Å². The van der Waals surface area contributed by atoms with Crippen LogP contribution in [0.2, 0.25) is 0 Å². The van der Waals surface area contributed by atoms with Gasteiger partial charge in [0.2, 0.25) is 0 Å². The van der Waals surface area contributed by atoms with Crippen LogP contribution in [-0.2, 0) is 19.4 Å². The molecule has 2 heterocycles. The second-order valence-electron chi connectivity index (χ2n) is 6.85. The summed E-state index contributed by atoms with van der Waals surface area (Å²) in [5, 5.41) is 11.6. The number of amides is 1. The van der Waals surface area contributed by atoms with Gasteiger partial charge in [-0.3, -0.25) is 14.7 Å². The average Bonchev–Trinajstić information content (AvgIpc) is 3.20. The Morgan fingerprint density at radius 1 is 1.24 bits per heavy atom. The fraction of sp³-hybridized carbons (Fsp3) is 0.429. The summed E-state index contributed by atoms with van der Waals surface area (Å²) in [7, 11) is 3.44. The second kappa shape index (κ2) is 12.1. The highest BCUT2D eigenvalue weighted by molar-refractivity contribution is 14.0. The first kappa shape index (κ1) is 23.6. The maximum atomic E-state index is 11.7. The van der Waals surface area contributed by atoms with Crippen LogP contribution in [-0.4, -0.2) is 57.0 Å². The number of thiophene rings is 1. The zero-order valence-electron chi connectivity index (χ0n) is 17.0. The average molecular weight is 527 g/mol. The predicted molar refractivity (Wildman–Crippen MR) is 132 cm³/mol. The minimum Gasteiger partial charge on any atom is -0.356 e. The van der Waals surface area contributed by atoms with Gasteiger partial charge in [-0.05, 0) is 47.5 Å².